The molecular weight excluding hydrogens is 240 g/mol. The van der Waals surface area contributed by atoms with E-state index >= 15 is 0 Å². The molecule has 4 rings (SSSR count). The van der Waals surface area contributed by atoms with Crippen molar-refractivity contribution in [3.63, 3.8) is 0 Å². The van der Waals surface area contributed by atoms with E-state index in [1.165, 1.54) is 44.9 Å². The van der Waals surface area contributed by atoms with Gasteiger partial charge in [0, 0.05) is 0 Å². The number of rotatable bonds is 0. The molecule has 0 spiro atoms. The molecule has 0 bridgehead atoms. The van der Waals surface area contributed by atoms with Gasteiger partial charge in [0.05, 0.1) is 0 Å². The van der Waals surface area contributed by atoms with Crippen LogP contribution in [-0.4, -0.2) is 0 Å². The minimum atomic E-state index is 0.574. The number of allylic oxidation sites excluding steroid dienone is 2. The minimum absolute atomic E-state index is 0.574. The van der Waals surface area contributed by atoms with Crippen LogP contribution in [0.25, 0.3) is 0 Å². The quantitative estimate of drug-likeness (QED) is 0.476. The number of hydrogen-bond donors (Lipinski definition) is 0. The molecule has 0 aliphatic heterocycles. The van der Waals surface area contributed by atoms with E-state index in [-0.39, 0.29) is 0 Å². The van der Waals surface area contributed by atoms with Gasteiger partial charge in [-0.1, -0.05) is 45.8 Å². The lowest BCUT2D eigenvalue weighted by Gasteiger charge is -2.42. The Morgan fingerprint density at radius 1 is 0.950 bits per heavy atom. The molecule has 3 fully saturated rings. The van der Waals surface area contributed by atoms with E-state index in [1.54, 1.807) is 0 Å². The SMILES string of the molecule is CC1CCC2=C3CC4(C)CCC(C)(C)C4C3CCC21C. The lowest BCUT2D eigenvalue weighted by atomic mass is 9.62. The lowest BCUT2D eigenvalue weighted by molar-refractivity contribution is 0.115. The Labute approximate surface area is 125 Å². The van der Waals surface area contributed by atoms with Gasteiger partial charge in [0.15, 0.2) is 0 Å². The first-order valence-electron chi connectivity index (χ1n) is 9.00. The van der Waals surface area contributed by atoms with Crippen LogP contribution in [0.2, 0.25) is 0 Å². The second-order valence-electron chi connectivity index (χ2n) is 9.80. The summed E-state index contributed by atoms with van der Waals surface area (Å²) in [6, 6.07) is 0. The fourth-order valence-electron chi connectivity index (χ4n) is 7.17. The normalized spacial score (nSPS) is 53.0. The second-order valence-corrected chi connectivity index (χ2v) is 9.80. The van der Waals surface area contributed by atoms with E-state index in [4.69, 9.17) is 0 Å². The summed E-state index contributed by atoms with van der Waals surface area (Å²) in [6.45, 7) is 12.8. The maximum atomic E-state index is 2.62. The highest BCUT2D eigenvalue weighted by Crippen LogP contribution is 2.70. The van der Waals surface area contributed by atoms with Gasteiger partial charge >= 0.3 is 0 Å². The summed E-state index contributed by atoms with van der Waals surface area (Å²) in [6.07, 6.45) is 10.2. The summed E-state index contributed by atoms with van der Waals surface area (Å²) in [5.41, 5.74) is 5.69. The molecule has 0 aromatic heterocycles. The molecule has 0 amide bonds. The topological polar surface area (TPSA) is 0 Å². The van der Waals surface area contributed by atoms with Crippen LogP contribution in [0.1, 0.15) is 79.6 Å². The van der Waals surface area contributed by atoms with Gasteiger partial charge in [-0.3, -0.25) is 0 Å². The summed E-state index contributed by atoms with van der Waals surface area (Å²) in [7, 11) is 0. The van der Waals surface area contributed by atoms with Crippen molar-refractivity contribution >= 4 is 0 Å². The first-order chi connectivity index (χ1) is 9.28. The fourth-order valence-corrected chi connectivity index (χ4v) is 7.17. The molecule has 0 aromatic carbocycles. The Kier molecular flexibility index (Phi) is 2.50. The van der Waals surface area contributed by atoms with Crippen molar-refractivity contribution in [3.8, 4) is 0 Å². The van der Waals surface area contributed by atoms with Crippen LogP contribution in [0.5, 0.6) is 0 Å². The molecule has 0 heterocycles. The van der Waals surface area contributed by atoms with Crippen molar-refractivity contribution in [3.05, 3.63) is 11.1 Å². The number of fused-ring (bicyclic) bond motifs is 4. The van der Waals surface area contributed by atoms with Gasteiger partial charge in [-0.15, -0.1) is 0 Å². The predicted octanol–water partition coefficient (Wildman–Crippen LogP) is 5.98. The van der Waals surface area contributed by atoms with E-state index in [2.05, 4.69) is 34.6 Å². The molecule has 5 atom stereocenters. The molecule has 0 radical (unpaired) electrons. The highest BCUT2D eigenvalue weighted by atomic mass is 14.7. The zero-order chi connectivity index (χ0) is 14.3. The molecule has 0 aromatic rings. The monoisotopic (exact) mass is 272 g/mol. The van der Waals surface area contributed by atoms with E-state index in [1.807, 2.05) is 11.1 Å². The summed E-state index contributed by atoms with van der Waals surface area (Å²) in [5.74, 6) is 2.84. The fraction of sp³-hybridized carbons (Fsp3) is 0.900. The summed E-state index contributed by atoms with van der Waals surface area (Å²) in [4.78, 5) is 0. The predicted molar refractivity (Wildman–Crippen MR) is 85.5 cm³/mol. The van der Waals surface area contributed by atoms with Crippen LogP contribution >= 0.6 is 0 Å². The Morgan fingerprint density at radius 2 is 1.70 bits per heavy atom. The molecule has 0 saturated heterocycles. The maximum Gasteiger partial charge on any atom is -0.00877 e. The van der Waals surface area contributed by atoms with E-state index in [0.29, 0.717) is 16.2 Å². The van der Waals surface area contributed by atoms with Crippen LogP contribution in [0, 0.1) is 34.0 Å². The standard InChI is InChI=1S/C20H32/c1-13-6-7-16-15-12-19(4)11-10-18(2,3)17(19)14(15)8-9-20(13,16)5/h13-14,17H,6-12H2,1-5H3. The molecule has 0 heteroatoms. The van der Waals surface area contributed by atoms with E-state index < -0.39 is 0 Å². The van der Waals surface area contributed by atoms with Crippen LogP contribution in [-0.2, 0) is 0 Å². The van der Waals surface area contributed by atoms with Gasteiger partial charge in [-0.25, -0.2) is 0 Å². The Morgan fingerprint density at radius 3 is 2.45 bits per heavy atom. The van der Waals surface area contributed by atoms with Crippen LogP contribution < -0.4 is 0 Å². The van der Waals surface area contributed by atoms with Crippen molar-refractivity contribution in [1.29, 1.82) is 0 Å². The van der Waals surface area contributed by atoms with E-state index in [9.17, 15) is 0 Å². The van der Waals surface area contributed by atoms with Crippen molar-refractivity contribution in [2.45, 2.75) is 79.6 Å². The zero-order valence-electron chi connectivity index (χ0n) is 14.2. The highest BCUT2D eigenvalue weighted by Gasteiger charge is 2.61. The van der Waals surface area contributed by atoms with Gasteiger partial charge in [-0.05, 0) is 78.9 Å². The second kappa shape index (κ2) is 3.73. The summed E-state index contributed by atoms with van der Waals surface area (Å²) in [5, 5.41) is 0. The third-order valence-electron chi connectivity index (χ3n) is 8.34. The lowest BCUT2D eigenvalue weighted by Crippen LogP contribution is -2.34. The van der Waals surface area contributed by atoms with Crippen LogP contribution in [0.15, 0.2) is 11.1 Å². The van der Waals surface area contributed by atoms with Gasteiger partial charge in [0.1, 0.15) is 0 Å². The molecular formula is C20H32. The third-order valence-corrected chi connectivity index (χ3v) is 8.34. The third kappa shape index (κ3) is 1.44. The van der Waals surface area contributed by atoms with Gasteiger partial charge in [0.25, 0.3) is 0 Å². The van der Waals surface area contributed by atoms with Crippen molar-refractivity contribution in [2.24, 2.45) is 34.0 Å². The maximum absolute atomic E-state index is 2.62. The first-order valence-corrected chi connectivity index (χ1v) is 9.00. The molecule has 3 saturated carbocycles. The molecule has 0 N–H and O–H groups in total. The summed E-state index contributed by atoms with van der Waals surface area (Å²) < 4.78 is 0. The van der Waals surface area contributed by atoms with Gasteiger partial charge in [-0.2, -0.15) is 0 Å². The summed E-state index contributed by atoms with van der Waals surface area (Å²) >= 11 is 0. The molecule has 4 aliphatic carbocycles. The van der Waals surface area contributed by atoms with Gasteiger partial charge in [0.2, 0.25) is 0 Å². The Bertz CT molecular complexity index is 482. The Hall–Kier alpha value is -0.260. The van der Waals surface area contributed by atoms with Crippen molar-refractivity contribution < 1.29 is 0 Å². The molecule has 112 valence electrons. The average Bonchev–Trinajstić information content (AvgIpc) is 2.91. The number of hydrogen-bond acceptors (Lipinski definition) is 0. The van der Waals surface area contributed by atoms with E-state index in [0.717, 1.165) is 17.8 Å². The van der Waals surface area contributed by atoms with Crippen LogP contribution in [0.3, 0.4) is 0 Å². The highest BCUT2D eigenvalue weighted by molar-refractivity contribution is 5.37. The van der Waals surface area contributed by atoms with Crippen LogP contribution in [0.4, 0.5) is 0 Å². The first kappa shape index (κ1) is 13.4. The zero-order valence-corrected chi connectivity index (χ0v) is 14.2. The molecule has 4 aliphatic rings. The average molecular weight is 272 g/mol. The van der Waals surface area contributed by atoms with Gasteiger partial charge < -0.3 is 0 Å². The molecule has 5 unspecified atom stereocenters. The van der Waals surface area contributed by atoms with Crippen molar-refractivity contribution in [2.75, 3.05) is 0 Å². The Balaban J connectivity index is 1.82. The minimum Gasteiger partial charge on any atom is -0.0665 e. The smallest absolute Gasteiger partial charge is 0.00877 e. The van der Waals surface area contributed by atoms with Crippen molar-refractivity contribution in [1.82, 2.24) is 0 Å². The molecule has 20 heavy (non-hydrogen) atoms. The largest absolute Gasteiger partial charge is 0.0665 e. The molecule has 0 nitrogen and oxygen atoms in total.